The van der Waals surface area contributed by atoms with Crippen molar-refractivity contribution in [2.24, 2.45) is 0 Å². The minimum Gasteiger partial charge on any atom is -0.496 e. The molecule has 0 radical (unpaired) electrons. The molecule has 0 aliphatic rings. The Balaban J connectivity index is 1.65. The Kier molecular flexibility index (Phi) is 6.44. The second-order valence-electron chi connectivity index (χ2n) is 5.78. The molecule has 0 unspecified atom stereocenters. The molecule has 3 aromatic rings. The van der Waals surface area contributed by atoms with Gasteiger partial charge in [0.15, 0.2) is 11.0 Å². The molecule has 0 fully saturated rings. The van der Waals surface area contributed by atoms with Crippen LogP contribution in [0.1, 0.15) is 17.3 Å². The van der Waals surface area contributed by atoms with Crippen LogP contribution in [0.25, 0.3) is 11.4 Å². The minimum absolute atomic E-state index is 0.0494. The molecule has 8 heteroatoms. The summed E-state index contributed by atoms with van der Waals surface area (Å²) in [5, 5.41) is 11.4. The summed E-state index contributed by atoms with van der Waals surface area (Å²) in [4.78, 5) is 24.5. The number of carbonyl (C=O) groups is 2. The largest absolute Gasteiger partial charge is 0.496 e. The first kappa shape index (κ1) is 19.6. The molecule has 0 saturated carbocycles. The molecule has 0 bridgehead atoms. The quantitative estimate of drug-likeness (QED) is 0.618. The number of aromatic nitrogens is 3. The standard InChI is InChI=1S/C20H20N4O3S/c1-3-24-18(14-9-5-4-6-10-14)22-23-20(24)28-13-17(25)21-19(26)15-11-7-8-12-16(15)27-2/h4-12H,3,13H2,1-2H3,(H,21,25,26). The first-order valence-corrected chi connectivity index (χ1v) is 9.71. The maximum absolute atomic E-state index is 12.3. The molecule has 0 saturated heterocycles. The fourth-order valence-electron chi connectivity index (χ4n) is 2.67. The second kappa shape index (κ2) is 9.18. The van der Waals surface area contributed by atoms with Gasteiger partial charge in [-0.3, -0.25) is 14.9 Å². The molecule has 0 spiro atoms. The van der Waals surface area contributed by atoms with Crippen molar-refractivity contribution in [2.45, 2.75) is 18.6 Å². The van der Waals surface area contributed by atoms with E-state index < -0.39 is 11.8 Å². The highest BCUT2D eigenvalue weighted by atomic mass is 32.2. The first-order chi connectivity index (χ1) is 13.6. The fourth-order valence-corrected chi connectivity index (χ4v) is 3.48. The average molecular weight is 396 g/mol. The monoisotopic (exact) mass is 396 g/mol. The zero-order valence-electron chi connectivity index (χ0n) is 15.6. The van der Waals surface area contributed by atoms with Gasteiger partial charge in [-0.2, -0.15) is 0 Å². The van der Waals surface area contributed by atoms with Crippen molar-refractivity contribution in [2.75, 3.05) is 12.9 Å². The molecule has 1 heterocycles. The maximum atomic E-state index is 12.3. The van der Waals surface area contributed by atoms with Gasteiger partial charge in [0.25, 0.3) is 5.91 Å². The van der Waals surface area contributed by atoms with Crippen LogP contribution >= 0.6 is 11.8 Å². The van der Waals surface area contributed by atoms with Gasteiger partial charge in [-0.05, 0) is 19.1 Å². The van der Waals surface area contributed by atoms with Crippen molar-refractivity contribution < 1.29 is 14.3 Å². The van der Waals surface area contributed by atoms with Crippen LogP contribution in [0, 0.1) is 0 Å². The van der Waals surface area contributed by atoms with Gasteiger partial charge >= 0.3 is 0 Å². The van der Waals surface area contributed by atoms with Gasteiger partial charge in [0, 0.05) is 12.1 Å². The molecule has 1 N–H and O–H groups in total. The number of para-hydroxylation sites is 1. The summed E-state index contributed by atoms with van der Waals surface area (Å²) in [5.74, 6) is 0.306. The zero-order valence-corrected chi connectivity index (χ0v) is 16.4. The van der Waals surface area contributed by atoms with Gasteiger partial charge in [0.05, 0.1) is 18.4 Å². The predicted octanol–water partition coefficient (Wildman–Crippen LogP) is 3.02. The zero-order chi connectivity index (χ0) is 19.9. The van der Waals surface area contributed by atoms with Gasteiger partial charge in [-0.25, -0.2) is 0 Å². The van der Waals surface area contributed by atoms with Crippen molar-refractivity contribution in [3.63, 3.8) is 0 Å². The van der Waals surface area contributed by atoms with Gasteiger partial charge in [0.2, 0.25) is 5.91 Å². The number of thioether (sulfide) groups is 1. The lowest BCUT2D eigenvalue weighted by atomic mass is 10.2. The van der Waals surface area contributed by atoms with E-state index in [2.05, 4.69) is 15.5 Å². The summed E-state index contributed by atoms with van der Waals surface area (Å²) in [6, 6.07) is 16.5. The van der Waals surface area contributed by atoms with Crippen LogP contribution in [0.2, 0.25) is 0 Å². The van der Waals surface area contributed by atoms with E-state index in [9.17, 15) is 9.59 Å². The second-order valence-corrected chi connectivity index (χ2v) is 6.73. The van der Waals surface area contributed by atoms with E-state index in [1.807, 2.05) is 41.8 Å². The molecule has 2 aromatic carbocycles. The smallest absolute Gasteiger partial charge is 0.261 e. The number of nitrogens with zero attached hydrogens (tertiary/aromatic N) is 3. The average Bonchev–Trinajstić information content (AvgIpc) is 3.15. The van der Waals surface area contributed by atoms with Crippen LogP contribution in [0.4, 0.5) is 0 Å². The van der Waals surface area contributed by atoms with Crippen LogP contribution < -0.4 is 10.1 Å². The lowest BCUT2D eigenvalue weighted by molar-refractivity contribution is -0.117. The number of imide groups is 1. The molecule has 7 nitrogen and oxygen atoms in total. The van der Waals surface area contributed by atoms with Crippen molar-refractivity contribution in [1.29, 1.82) is 0 Å². The highest BCUT2D eigenvalue weighted by Gasteiger charge is 2.17. The van der Waals surface area contributed by atoms with Crippen LogP contribution in [0.15, 0.2) is 59.8 Å². The van der Waals surface area contributed by atoms with Crippen LogP contribution in [0.5, 0.6) is 5.75 Å². The van der Waals surface area contributed by atoms with Gasteiger partial charge in [-0.15, -0.1) is 10.2 Å². The van der Waals surface area contributed by atoms with Crippen LogP contribution in [0.3, 0.4) is 0 Å². The van der Waals surface area contributed by atoms with Crippen molar-refractivity contribution in [3.8, 4) is 17.1 Å². The number of nitrogens with one attached hydrogen (secondary N) is 1. The Bertz CT molecular complexity index is 973. The summed E-state index contributed by atoms with van der Waals surface area (Å²) in [6.07, 6.45) is 0. The SMILES string of the molecule is CCn1c(SCC(=O)NC(=O)c2ccccc2OC)nnc1-c1ccccc1. The molecule has 3 rings (SSSR count). The molecule has 0 aliphatic carbocycles. The number of methoxy groups -OCH3 is 1. The van der Waals surface area contributed by atoms with E-state index in [-0.39, 0.29) is 5.75 Å². The lowest BCUT2D eigenvalue weighted by Gasteiger charge is -2.09. The Morgan fingerprint density at radius 2 is 1.79 bits per heavy atom. The summed E-state index contributed by atoms with van der Waals surface area (Å²) in [5.41, 5.74) is 1.27. The van der Waals surface area contributed by atoms with Gasteiger partial charge in [0.1, 0.15) is 5.75 Å². The Morgan fingerprint density at radius 1 is 1.07 bits per heavy atom. The molecule has 0 aliphatic heterocycles. The Morgan fingerprint density at radius 3 is 2.50 bits per heavy atom. The van der Waals surface area contributed by atoms with E-state index in [0.717, 1.165) is 11.4 Å². The van der Waals surface area contributed by atoms with E-state index in [4.69, 9.17) is 4.74 Å². The van der Waals surface area contributed by atoms with Crippen molar-refractivity contribution >= 4 is 23.6 Å². The number of hydrogen-bond acceptors (Lipinski definition) is 6. The molecular weight excluding hydrogens is 376 g/mol. The van der Waals surface area contributed by atoms with Crippen molar-refractivity contribution in [3.05, 3.63) is 60.2 Å². The number of ether oxygens (including phenoxy) is 1. The van der Waals surface area contributed by atoms with Gasteiger partial charge in [-0.1, -0.05) is 54.2 Å². The lowest BCUT2D eigenvalue weighted by Crippen LogP contribution is -2.32. The normalized spacial score (nSPS) is 10.5. The highest BCUT2D eigenvalue weighted by molar-refractivity contribution is 7.99. The first-order valence-electron chi connectivity index (χ1n) is 8.72. The number of hydrogen-bond donors (Lipinski definition) is 1. The summed E-state index contributed by atoms with van der Waals surface area (Å²) in [6.45, 7) is 2.66. The van der Waals surface area contributed by atoms with Crippen molar-refractivity contribution in [1.82, 2.24) is 20.1 Å². The summed E-state index contributed by atoms with van der Waals surface area (Å²) >= 11 is 1.24. The van der Waals surface area contributed by atoms with E-state index in [1.165, 1.54) is 18.9 Å². The number of carbonyl (C=O) groups excluding carboxylic acids is 2. The molecule has 144 valence electrons. The third-order valence-corrected chi connectivity index (χ3v) is 4.97. The van der Waals surface area contributed by atoms with Crippen LogP contribution in [-0.2, 0) is 11.3 Å². The fraction of sp³-hybridized carbons (Fsp3) is 0.200. The Hall–Kier alpha value is -3.13. The number of amides is 2. The third kappa shape index (κ3) is 4.40. The minimum atomic E-state index is -0.495. The van der Waals surface area contributed by atoms with E-state index >= 15 is 0 Å². The topological polar surface area (TPSA) is 86.1 Å². The molecule has 2 amide bonds. The molecular formula is C20H20N4O3S. The number of benzene rings is 2. The predicted molar refractivity (Wildman–Crippen MR) is 107 cm³/mol. The third-order valence-electron chi connectivity index (χ3n) is 4.00. The molecule has 0 atom stereocenters. The maximum Gasteiger partial charge on any atom is 0.261 e. The molecule has 28 heavy (non-hydrogen) atoms. The number of rotatable bonds is 7. The van der Waals surface area contributed by atoms with E-state index in [0.29, 0.717) is 23.0 Å². The summed E-state index contributed by atoms with van der Waals surface area (Å²) in [7, 11) is 1.48. The van der Waals surface area contributed by atoms with Gasteiger partial charge < -0.3 is 9.30 Å². The highest BCUT2D eigenvalue weighted by Crippen LogP contribution is 2.23. The van der Waals surface area contributed by atoms with Crippen LogP contribution in [-0.4, -0.2) is 39.4 Å². The Labute approximate surface area is 167 Å². The van der Waals surface area contributed by atoms with E-state index in [1.54, 1.807) is 24.3 Å². The molecule has 1 aromatic heterocycles. The summed E-state index contributed by atoms with van der Waals surface area (Å²) < 4.78 is 7.09.